The molecule has 3 rings (SSSR count). The van der Waals surface area contributed by atoms with E-state index in [9.17, 15) is 9.59 Å². The van der Waals surface area contributed by atoms with Gasteiger partial charge in [0.05, 0.1) is 32.8 Å². The molecular formula is C22H22O6. The normalized spacial score (nSPS) is 11.9. The fourth-order valence-corrected chi connectivity index (χ4v) is 3.10. The van der Waals surface area contributed by atoms with Gasteiger partial charge in [0.1, 0.15) is 22.8 Å². The Morgan fingerprint density at radius 3 is 2.21 bits per heavy atom. The summed E-state index contributed by atoms with van der Waals surface area (Å²) in [7, 11) is 4.47. The first-order valence-electron chi connectivity index (χ1n) is 8.84. The molecule has 0 saturated carbocycles. The average molecular weight is 382 g/mol. The third-order valence-electron chi connectivity index (χ3n) is 4.64. The summed E-state index contributed by atoms with van der Waals surface area (Å²) in [5, 5.41) is 0.646. The summed E-state index contributed by atoms with van der Waals surface area (Å²) >= 11 is 0. The second kappa shape index (κ2) is 8.17. The van der Waals surface area contributed by atoms with Crippen LogP contribution in [0.4, 0.5) is 0 Å². The SMILES string of the molecule is COC(=O)C(C)Cc1oc2ccc(OC)cc2c1C(=O)c1ccc(OC)cc1. The third-order valence-corrected chi connectivity index (χ3v) is 4.64. The van der Waals surface area contributed by atoms with Crippen LogP contribution in [0.15, 0.2) is 46.9 Å². The van der Waals surface area contributed by atoms with Crippen LogP contribution in [0.1, 0.15) is 28.6 Å². The van der Waals surface area contributed by atoms with Gasteiger partial charge >= 0.3 is 5.97 Å². The van der Waals surface area contributed by atoms with Crippen LogP contribution >= 0.6 is 0 Å². The van der Waals surface area contributed by atoms with E-state index in [2.05, 4.69) is 0 Å². The van der Waals surface area contributed by atoms with Crippen LogP contribution in [-0.4, -0.2) is 33.1 Å². The zero-order valence-corrected chi connectivity index (χ0v) is 16.3. The number of rotatable bonds is 7. The molecule has 3 aromatic rings. The summed E-state index contributed by atoms with van der Waals surface area (Å²) in [5.74, 6) is 0.721. The Labute approximate surface area is 163 Å². The van der Waals surface area contributed by atoms with Gasteiger partial charge in [-0.05, 0) is 42.5 Å². The summed E-state index contributed by atoms with van der Waals surface area (Å²) in [5.41, 5.74) is 1.48. The molecule has 6 heteroatoms. The number of esters is 1. The standard InChI is InChI=1S/C22H22O6/c1-13(22(24)27-4)11-19-20(17-12-16(26-3)9-10-18(17)28-19)21(23)14-5-7-15(25-2)8-6-14/h5-10,12-13H,11H2,1-4H3. The highest BCUT2D eigenvalue weighted by Gasteiger charge is 2.26. The number of ether oxygens (including phenoxy) is 3. The maximum absolute atomic E-state index is 13.3. The number of benzene rings is 2. The molecule has 0 bridgehead atoms. The summed E-state index contributed by atoms with van der Waals surface area (Å²) in [6, 6.07) is 12.1. The van der Waals surface area contributed by atoms with Gasteiger partial charge in [0.2, 0.25) is 0 Å². The molecule has 1 aromatic heterocycles. The lowest BCUT2D eigenvalue weighted by Gasteiger charge is -2.09. The van der Waals surface area contributed by atoms with E-state index in [1.807, 2.05) is 0 Å². The fourth-order valence-electron chi connectivity index (χ4n) is 3.10. The van der Waals surface area contributed by atoms with Crippen LogP contribution < -0.4 is 9.47 Å². The van der Waals surface area contributed by atoms with E-state index in [-0.39, 0.29) is 18.2 Å². The molecule has 0 aliphatic rings. The maximum Gasteiger partial charge on any atom is 0.308 e. The number of methoxy groups -OCH3 is 3. The van der Waals surface area contributed by atoms with Crippen molar-refractivity contribution in [3.05, 3.63) is 59.4 Å². The monoisotopic (exact) mass is 382 g/mol. The Kier molecular flexibility index (Phi) is 5.68. The molecule has 6 nitrogen and oxygen atoms in total. The molecule has 0 radical (unpaired) electrons. The summed E-state index contributed by atoms with van der Waals surface area (Å²) in [6.45, 7) is 1.74. The molecule has 0 aliphatic heterocycles. The molecule has 146 valence electrons. The molecule has 0 amide bonds. The molecule has 0 fully saturated rings. The van der Waals surface area contributed by atoms with Crippen molar-refractivity contribution in [1.29, 1.82) is 0 Å². The number of hydrogen-bond donors (Lipinski definition) is 0. The zero-order valence-electron chi connectivity index (χ0n) is 16.3. The first-order valence-corrected chi connectivity index (χ1v) is 8.84. The predicted octanol–water partition coefficient (Wildman–Crippen LogP) is 4.03. The highest BCUT2D eigenvalue weighted by Crippen LogP contribution is 2.33. The predicted molar refractivity (Wildman–Crippen MR) is 104 cm³/mol. The Morgan fingerprint density at radius 1 is 0.964 bits per heavy atom. The molecule has 0 spiro atoms. The number of ketones is 1. The molecule has 0 aliphatic carbocycles. The quantitative estimate of drug-likeness (QED) is 0.454. The smallest absolute Gasteiger partial charge is 0.308 e. The maximum atomic E-state index is 13.3. The van der Waals surface area contributed by atoms with E-state index < -0.39 is 5.92 Å². The Bertz CT molecular complexity index is 1000. The van der Waals surface area contributed by atoms with E-state index in [0.717, 1.165) is 0 Å². The van der Waals surface area contributed by atoms with Gasteiger partial charge in [0, 0.05) is 17.4 Å². The minimum Gasteiger partial charge on any atom is -0.497 e. The molecular weight excluding hydrogens is 360 g/mol. The van der Waals surface area contributed by atoms with E-state index in [4.69, 9.17) is 18.6 Å². The molecule has 2 aromatic carbocycles. The Morgan fingerprint density at radius 2 is 1.61 bits per heavy atom. The van der Waals surface area contributed by atoms with Crippen molar-refractivity contribution in [2.75, 3.05) is 21.3 Å². The fraction of sp³-hybridized carbons (Fsp3) is 0.273. The number of fused-ring (bicyclic) bond motifs is 1. The van der Waals surface area contributed by atoms with Crippen molar-refractivity contribution in [2.24, 2.45) is 5.92 Å². The van der Waals surface area contributed by atoms with Crippen LogP contribution in [0.25, 0.3) is 11.0 Å². The van der Waals surface area contributed by atoms with Gasteiger partial charge in [-0.15, -0.1) is 0 Å². The number of furan rings is 1. The Balaban J connectivity index is 2.11. The largest absolute Gasteiger partial charge is 0.497 e. The minimum atomic E-state index is -0.449. The van der Waals surface area contributed by atoms with Gasteiger partial charge in [-0.3, -0.25) is 9.59 Å². The summed E-state index contributed by atoms with van der Waals surface area (Å²) in [6.07, 6.45) is 0.251. The highest BCUT2D eigenvalue weighted by molar-refractivity contribution is 6.17. The number of hydrogen-bond acceptors (Lipinski definition) is 6. The second-order valence-corrected chi connectivity index (χ2v) is 6.45. The topological polar surface area (TPSA) is 75.0 Å². The highest BCUT2D eigenvalue weighted by atomic mass is 16.5. The van der Waals surface area contributed by atoms with Crippen molar-refractivity contribution in [3.8, 4) is 11.5 Å². The molecule has 0 saturated heterocycles. The van der Waals surface area contributed by atoms with Crippen molar-refractivity contribution >= 4 is 22.7 Å². The molecule has 0 N–H and O–H groups in total. The van der Waals surface area contributed by atoms with Gasteiger partial charge in [-0.2, -0.15) is 0 Å². The zero-order chi connectivity index (χ0) is 20.3. The second-order valence-electron chi connectivity index (χ2n) is 6.45. The first kappa shape index (κ1) is 19.5. The van der Waals surface area contributed by atoms with Gasteiger partial charge in [0.25, 0.3) is 0 Å². The molecule has 1 atom stereocenters. The summed E-state index contributed by atoms with van der Waals surface area (Å²) in [4.78, 5) is 25.2. The molecule has 1 unspecified atom stereocenters. The van der Waals surface area contributed by atoms with E-state index >= 15 is 0 Å². The van der Waals surface area contributed by atoms with Crippen molar-refractivity contribution < 1.29 is 28.2 Å². The molecule has 28 heavy (non-hydrogen) atoms. The van der Waals surface area contributed by atoms with E-state index in [1.165, 1.54) is 7.11 Å². The van der Waals surface area contributed by atoms with Crippen LogP contribution in [0.3, 0.4) is 0 Å². The van der Waals surface area contributed by atoms with Gasteiger partial charge in [-0.1, -0.05) is 6.92 Å². The minimum absolute atomic E-state index is 0.193. The average Bonchev–Trinajstić information content (AvgIpc) is 3.09. The van der Waals surface area contributed by atoms with Crippen LogP contribution in [-0.2, 0) is 16.0 Å². The van der Waals surface area contributed by atoms with Gasteiger partial charge in [0.15, 0.2) is 5.78 Å². The lowest BCUT2D eigenvalue weighted by molar-refractivity contribution is -0.144. The van der Waals surface area contributed by atoms with Crippen LogP contribution in [0.2, 0.25) is 0 Å². The van der Waals surface area contributed by atoms with Crippen molar-refractivity contribution in [1.82, 2.24) is 0 Å². The first-order chi connectivity index (χ1) is 13.5. The van der Waals surface area contributed by atoms with E-state index in [0.29, 0.717) is 39.4 Å². The van der Waals surface area contributed by atoms with E-state index in [1.54, 1.807) is 63.6 Å². The lowest BCUT2D eigenvalue weighted by Crippen LogP contribution is -2.16. The van der Waals surface area contributed by atoms with Crippen molar-refractivity contribution in [3.63, 3.8) is 0 Å². The summed E-state index contributed by atoms with van der Waals surface area (Å²) < 4.78 is 21.2. The van der Waals surface area contributed by atoms with Crippen molar-refractivity contribution in [2.45, 2.75) is 13.3 Å². The van der Waals surface area contributed by atoms with Crippen LogP contribution in [0, 0.1) is 5.92 Å². The van der Waals surface area contributed by atoms with Gasteiger partial charge < -0.3 is 18.6 Å². The third kappa shape index (κ3) is 3.71. The number of carbonyl (C=O) groups is 2. The molecule has 1 heterocycles. The Hall–Kier alpha value is -3.28. The van der Waals surface area contributed by atoms with Crippen LogP contribution in [0.5, 0.6) is 11.5 Å². The number of carbonyl (C=O) groups excluding carboxylic acids is 2. The van der Waals surface area contributed by atoms with Gasteiger partial charge in [-0.25, -0.2) is 0 Å². The lowest BCUT2D eigenvalue weighted by atomic mass is 9.96.